The summed E-state index contributed by atoms with van der Waals surface area (Å²) in [5, 5.41) is 11.0. The van der Waals surface area contributed by atoms with Gasteiger partial charge in [0.25, 0.3) is 0 Å². The molecule has 2 bridgehead atoms. The van der Waals surface area contributed by atoms with E-state index in [-0.39, 0.29) is 18.7 Å². The molecular formula is C19H28O7. The fourth-order valence-electron chi connectivity index (χ4n) is 5.99. The third-order valence-corrected chi connectivity index (χ3v) is 7.47. The van der Waals surface area contributed by atoms with E-state index in [1.54, 1.807) is 0 Å². The van der Waals surface area contributed by atoms with E-state index < -0.39 is 40.7 Å². The summed E-state index contributed by atoms with van der Waals surface area (Å²) in [5.41, 5.74) is -1.94. The summed E-state index contributed by atoms with van der Waals surface area (Å²) in [7, 11) is 0. The SMILES string of the molecule is CC(=O)OCC12CCC(C)CC1O[C@H]1[C@@H](O)C(OC(C)=O)[C@]2(C)[C@@]12CO2. The van der Waals surface area contributed by atoms with E-state index in [9.17, 15) is 14.7 Å². The minimum Gasteiger partial charge on any atom is -0.465 e. The number of esters is 2. The van der Waals surface area contributed by atoms with Gasteiger partial charge in [0.1, 0.15) is 30.5 Å². The number of carbonyl (C=O) groups excluding carboxylic acids is 2. The first-order valence-corrected chi connectivity index (χ1v) is 9.46. The smallest absolute Gasteiger partial charge is 0.303 e. The summed E-state index contributed by atoms with van der Waals surface area (Å²) < 4.78 is 23.4. The van der Waals surface area contributed by atoms with Gasteiger partial charge in [-0.15, -0.1) is 0 Å². The van der Waals surface area contributed by atoms with Crippen LogP contribution in [-0.2, 0) is 28.5 Å². The van der Waals surface area contributed by atoms with E-state index in [0.29, 0.717) is 12.5 Å². The minimum atomic E-state index is -0.957. The van der Waals surface area contributed by atoms with Crippen LogP contribution in [0.5, 0.6) is 0 Å². The van der Waals surface area contributed by atoms with Crippen LogP contribution < -0.4 is 0 Å². The maximum atomic E-state index is 11.8. The van der Waals surface area contributed by atoms with Crippen LogP contribution in [0.2, 0.25) is 0 Å². The number of ether oxygens (including phenoxy) is 4. The number of aliphatic hydroxyl groups is 1. The molecule has 4 aliphatic rings. The number of fused-ring (bicyclic) bond motifs is 2. The summed E-state index contributed by atoms with van der Waals surface area (Å²) in [6.07, 6.45) is 0.139. The Morgan fingerprint density at radius 1 is 1.27 bits per heavy atom. The van der Waals surface area contributed by atoms with Crippen molar-refractivity contribution in [2.24, 2.45) is 16.7 Å². The molecule has 4 unspecified atom stereocenters. The number of carbonyl (C=O) groups is 2. The molecule has 0 amide bonds. The average molecular weight is 368 g/mol. The lowest BCUT2D eigenvalue weighted by Crippen LogP contribution is -2.67. The second-order valence-corrected chi connectivity index (χ2v) is 8.76. The molecule has 2 aliphatic heterocycles. The molecular weight excluding hydrogens is 340 g/mol. The lowest BCUT2D eigenvalue weighted by molar-refractivity contribution is -0.257. The summed E-state index contributed by atoms with van der Waals surface area (Å²) >= 11 is 0. The average Bonchev–Trinajstić information content (AvgIpc) is 3.34. The molecule has 0 radical (unpaired) electrons. The first-order chi connectivity index (χ1) is 12.2. The number of epoxide rings is 1. The number of hydrogen-bond acceptors (Lipinski definition) is 7. The van der Waals surface area contributed by atoms with Crippen LogP contribution in [0, 0.1) is 16.7 Å². The molecule has 2 aliphatic carbocycles. The zero-order valence-electron chi connectivity index (χ0n) is 15.8. The maximum absolute atomic E-state index is 11.8. The first-order valence-electron chi connectivity index (χ1n) is 9.46. The van der Waals surface area contributed by atoms with Crippen molar-refractivity contribution in [3.63, 3.8) is 0 Å². The molecule has 7 heteroatoms. The van der Waals surface area contributed by atoms with Crippen LogP contribution in [0.3, 0.4) is 0 Å². The monoisotopic (exact) mass is 368 g/mol. The molecule has 146 valence electrons. The number of aliphatic hydroxyl groups excluding tert-OH is 1. The van der Waals surface area contributed by atoms with Crippen molar-refractivity contribution >= 4 is 11.9 Å². The van der Waals surface area contributed by atoms with Crippen molar-refractivity contribution in [2.75, 3.05) is 13.2 Å². The molecule has 0 aromatic heterocycles. The van der Waals surface area contributed by atoms with Crippen molar-refractivity contribution < 1.29 is 33.6 Å². The summed E-state index contributed by atoms with van der Waals surface area (Å²) in [5.74, 6) is -0.315. The van der Waals surface area contributed by atoms with E-state index >= 15 is 0 Å². The Balaban J connectivity index is 1.82. The van der Waals surface area contributed by atoms with Gasteiger partial charge in [0.2, 0.25) is 0 Å². The Hall–Kier alpha value is -1.18. The molecule has 4 rings (SSSR count). The highest BCUT2D eigenvalue weighted by molar-refractivity contribution is 5.67. The topological polar surface area (TPSA) is 94.6 Å². The quantitative estimate of drug-likeness (QED) is 0.591. The van der Waals surface area contributed by atoms with Crippen LogP contribution in [0.1, 0.15) is 47.0 Å². The standard InChI is InChI=1S/C19H28O7/c1-10-5-6-18(8-23-11(2)20)13(7-10)26-16-14(22)15(25-12(3)21)17(18,4)19(16)9-24-19/h10,13-16,22H,5-9H2,1-4H3/t10?,13?,14-,15?,16-,17-,18?,19+/m0/s1. The Bertz CT molecular complexity index is 629. The molecule has 8 atom stereocenters. The van der Waals surface area contributed by atoms with Gasteiger partial charge >= 0.3 is 11.9 Å². The number of hydrogen-bond donors (Lipinski definition) is 1. The molecule has 7 nitrogen and oxygen atoms in total. The third-order valence-electron chi connectivity index (χ3n) is 7.47. The second-order valence-electron chi connectivity index (χ2n) is 8.76. The van der Waals surface area contributed by atoms with Crippen molar-refractivity contribution in [1.82, 2.24) is 0 Å². The highest BCUT2D eigenvalue weighted by Gasteiger charge is 2.86. The highest BCUT2D eigenvalue weighted by atomic mass is 16.7. The zero-order chi connectivity index (χ0) is 18.9. The first kappa shape index (κ1) is 18.2. The predicted octanol–water partition coefficient (Wildman–Crippen LogP) is 1.20. The van der Waals surface area contributed by atoms with Crippen molar-refractivity contribution in [3.8, 4) is 0 Å². The van der Waals surface area contributed by atoms with Crippen molar-refractivity contribution in [2.45, 2.75) is 77.0 Å². The molecule has 1 spiro atoms. The lowest BCUT2D eigenvalue weighted by atomic mass is 9.50. The minimum absolute atomic E-state index is 0.175. The van der Waals surface area contributed by atoms with Gasteiger partial charge in [-0.2, -0.15) is 0 Å². The van der Waals surface area contributed by atoms with E-state index in [4.69, 9.17) is 18.9 Å². The van der Waals surface area contributed by atoms with E-state index in [1.165, 1.54) is 13.8 Å². The largest absolute Gasteiger partial charge is 0.465 e. The molecule has 4 fully saturated rings. The number of rotatable bonds is 3. The zero-order valence-corrected chi connectivity index (χ0v) is 15.8. The van der Waals surface area contributed by atoms with Crippen LogP contribution in [0.4, 0.5) is 0 Å². The molecule has 0 aromatic carbocycles. The predicted molar refractivity (Wildman–Crippen MR) is 89.1 cm³/mol. The van der Waals surface area contributed by atoms with E-state index in [1.807, 2.05) is 6.92 Å². The van der Waals surface area contributed by atoms with Gasteiger partial charge in [0.05, 0.1) is 18.1 Å². The van der Waals surface area contributed by atoms with Crippen LogP contribution in [-0.4, -0.2) is 60.3 Å². The van der Waals surface area contributed by atoms with Crippen molar-refractivity contribution in [3.05, 3.63) is 0 Å². The molecule has 26 heavy (non-hydrogen) atoms. The molecule has 2 saturated carbocycles. The van der Waals surface area contributed by atoms with Gasteiger partial charge in [-0.25, -0.2) is 0 Å². The third kappa shape index (κ3) is 2.11. The molecule has 0 aromatic rings. The van der Waals surface area contributed by atoms with Gasteiger partial charge in [0, 0.05) is 19.3 Å². The van der Waals surface area contributed by atoms with Gasteiger partial charge in [-0.3, -0.25) is 9.59 Å². The molecule has 2 heterocycles. The van der Waals surface area contributed by atoms with E-state index in [2.05, 4.69) is 6.92 Å². The normalized spacial score (nSPS) is 51.7. The Labute approximate surface area is 153 Å². The van der Waals surface area contributed by atoms with Crippen molar-refractivity contribution in [1.29, 1.82) is 0 Å². The van der Waals surface area contributed by atoms with E-state index in [0.717, 1.165) is 19.3 Å². The summed E-state index contributed by atoms with van der Waals surface area (Å²) in [6, 6.07) is 0. The van der Waals surface area contributed by atoms with Crippen LogP contribution in [0.15, 0.2) is 0 Å². The lowest BCUT2D eigenvalue weighted by Gasteiger charge is -2.59. The fourth-order valence-corrected chi connectivity index (χ4v) is 5.99. The molecule has 2 saturated heterocycles. The Morgan fingerprint density at radius 2 is 1.96 bits per heavy atom. The summed E-state index contributed by atoms with van der Waals surface area (Å²) in [4.78, 5) is 23.4. The fraction of sp³-hybridized carbons (Fsp3) is 0.895. The van der Waals surface area contributed by atoms with Gasteiger partial charge in [0.15, 0.2) is 0 Å². The Morgan fingerprint density at radius 3 is 2.54 bits per heavy atom. The second kappa shape index (κ2) is 5.66. The maximum Gasteiger partial charge on any atom is 0.303 e. The van der Waals surface area contributed by atoms with Gasteiger partial charge < -0.3 is 24.1 Å². The van der Waals surface area contributed by atoms with Gasteiger partial charge in [-0.05, 0) is 25.2 Å². The van der Waals surface area contributed by atoms with Gasteiger partial charge in [-0.1, -0.05) is 13.8 Å². The summed E-state index contributed by atoms with van der Waals surface area (Å²) in [6.45, 7) is 7.57. The Kier molecular flexibility index (Phi) is 3.96. The van der Waals surface area contributed by atoms with Crippen LogP contribution in [0.25, 0.3) is 0 Å². The van der Waals surface area contributed by atoms with Crippen LogP contribution >= 0.6 is 0 Å². The molecule has 1 N–H and O–H groups in total. The highest BCUT2D eigenvalue weighted by Crippen LogP contribution is 2.72.